The summed E-state index contributed by atoms with van der Waals surface area (Å²) in [5.74, 6) is 0.390. The molecule has 0 amide bonds. The first kappa shape index (κ1) is 18.7. The van der Waals surface area contributed by atoms with Gasteiger partial charge in [0, 0.05) is 17.0 Å². The van der Waals surface area contributed by atoms with Crippen molar-refractivity contribution in [2.45, 2.75) is 33.1 Å². The molecule has 0 unspecified atom stereocenters. The van der Waals surface area contributed by atoms with E-state index in [1.54, 1.807) is 6.07 Å². The van der Waals surface area contributed by atoms with Gasteiger partial charge in [-0.05, 0) is 38.9 Å². The smallest absolute Gasteiger partial charge is 0.206 e. The zero-order chi connectivity index (χ0) is 16.3. The van der Waals surface area contributed by atoms with E-state index in [0.29, 0.717) is 11.5 Å². The van der Waals surface area contributed by atoms with E-state index in [9.17, 15) is 4.79 Å². The molecule has 0 aliphatic carbocycles. The Morgan fingerprint density at radius 1 is 1.21 bits per heavy atom. The number of halogens is 1. The average molecular weight is 349 g/mol. The normalized spacial score (nSPS) is 15.2. The van der Waals surface area contributed by atoms with Gasteiger partial charge < -0.3 is 9.42 Å². The summed E-state index contributed by atoms with van der Waals surface area (Å²) in [6.45, 7) is 7.28. The van der Waals surface area contributed by atoms with Crippen molar-refractivity contribution in [1.82, 2.24) is 10.1 Å². The van der Waals surface area contributed by atoms with Crippen LogP contribution in [-0.2, 0) is 0 Å². The van der Waals surface area contributed by atoms with Crippen LogP contribution >= 0.6 is 12.4 Å². The van der Waals surface area contributed by atoms with Crippen molar-refractivity contribution in [2.24, 2.45) is 5.41 Å². The van der Waals surface area contributed by atoms with Crippen LogP contribution in [0.25, 0.3) is 11.3 Å². The summed E-state index contributed by atoms with van der Waals surface area (Å²) in [6.07, 6.45) is 3.39. The van der Waals surface area contributed by atoms with Crippen LogP contribution in [0.5, 0.6) is 0 Å². The van der Waals surface area contributed by atoms with Crippen LogP contribution < -0.4 is 0 Å². The van der Waals surface area contributed by atoms with Crippen molar-refractivity contribution in [3.63, 3.8) is 0 Å². The first-order valence-electron chi connectivity index (χ1n) is 8.35. The molecule has 130 valence electrons. The van der Waals surface area contributed by atoms with Crippen LogP contribution in [0.2, 0.25) is 0 Å². The summed E-state index contributed by atoms with van der Waals surface area (Å²) in [4.78, 5) is 15.2. The minimum atomic E-state index is -0.434. The van der Waals surface area contributed by atoms with E-state index in [1.165, 1.54) is 12.8 Å². The zero-order valence-electron chi connectivity index (χ0n) is 14.3. The summed E-state index contributed by atoms with van der Waals surface area (Å²) in [5, 5.41) is 4.05. The highest BCUT2D eigenvalue weighted by molar-refractivity contribution is 5.98. The number of aromatic nitrogens is 1. The lowest BCUT2D eigenvalue weighted by atomic mass is 9.83. The molecule has 5 heteroatoms. The summed E-state index contributed by atoms with van der Waals surface area (Å²) >= 11 is 0. The fourth-order valence-corrected chi connectivity index (χ4v) is 3.02. The first-order valence-corrected chi connectivity index (χ1v) is 8.35. The van der Waals surface area contributed by atoms with Gasteiger partial charge in [0.15, 0.2) is 0 Å². The molecule has 0 saturated carbocycles. The van der Waals surface area contributed by atoms with E-state index >= 15 is 0 Å². The van der Waals surface area contributed by atoms with E-state index in [0.717, 1.165) is 31.6 Å². The summed E-state index contributed by atoms with van der Waals surface area (Å²) in [5.41, 5.74) is 1.24. The number of likely N-dealkylation sites (tertiary alicyclic amines) is 1. The highest BCUT2D eigenvalue weighted by Gasteiger charge is 2.32. The summed E-state index contributed by atoms with van der Waals surface area (Å²) in [7, 11) is 0. The number of benzene rings is 1. The van der Waals surface area contributed by atoms with Crippen molar-refractivity contribution in [2.75, 3.05) is 19.6 Å². The Kier molecular flexibility index (Phi) is 6.19. The number of hydrogen-bond acceptors (Lipinski definition) is 4. The number of carbonyl (C=O) groups is 1. The molecule has 1 aliphatic heterocycles. The van der Waals surface area contributed by atoms with Gasteiger partial charge in [0.2, 0.25) is 11.5 Å². The van der Waals surface area contributed by atoms with Crippen LogP contribution in [0.15, 0.2) is 40.9 Å². The molecule has 0 N–H and O–H groups in total. The summed E-state index contributed by atoms with van der Waals surface area (Å²) < 4.78 is 5.33. The standard InChI is InChI=1S/C19H24N2O2.ClH/c1-19(2,10-13-21-11-6-7-12-21)18(22)17-14-16(20-23-17)15-8-4-3-5-9-15;/h3-5,8-9,14H,6-7,10-13H2,1-2H3;1H. The Morgan fingerprint density at radius 2 is 1.88 bits per heavy atom. The largest absolute Gasteiger partial charge is 0.352 e. The maximum absolute atomic E-state index is 12.8. The number of Topliss-reactive ketones (excluding diaryl/α,β-unsaturated/α-hetero) is 1. The van der Waals surface area contributed by atoms with E-state index in [4.69, 9.17) is 4.52 Å². The number of ketones is 1. The third-order valence-electron chi connectivity index (χ3n) is 4.67. The van der Waals surface area contributed by atoms with Gasteiger partial charge in [-0.15, -0.1) is 12.4 Å². The molecule has 0 bridgehead atoms. The predicted octanol–water partition coefficient (Wildman–Crippen LogP) is 4.46. The van der Waals surface area contributed by atoms with Gasteiger partial charge in [-0.3, -0.25) is 4.79 Å². The molecule has 1 aromatic heterocycles. The molecule has 0 atom stereocenters. The van der Waals surface area contributed by atoms with Crippen LogP contribution in [-0.4, -0.2) is 35.5 Å². The van der Waals surface area contributed by atoms with Gasteiger partial charge in [-0.2, -0.15) is 0 Å². The lowest BCUT2D eigenvalue weighted by Crippen LogP contribution is -2.30. The van der Waals surface area contributed by atoms with Crippen molar-refractivity contribution in [3.8, 4) is 11.3 Å². The van der Waals surface area contributed by atoms with E-state index < -0.39 is 5.41 Å². The van der Waals surface area contributed by atoms with Gasteiger partial charge in [0.1, 0.15) is 5.69 Å². The van der Waals surface area contributed by atoms with Gasteiger partial charge in [-0.1, -0.05) is 49.3 Å². The second kappa shape index (κ2) is 7.95. The van der Waals surface area contributed by atoms with E-state index in [1.807, 2.05) is 44.2 Å². The number of carbonyl (C=O) groups excluding carboxylic acids is 1. The molecule has 1 fully saturated rings. The molecule has 1 aromatic carbocycles. The van der Waals surface area contributed by atoms with Gasteiger partial charge >= 0.3 is 0 Å². The lowest BCUT2D eigenvalue weighted by molar-refractivity contribution is 0.0771. The SMILES string of the molecule is CC(C)(CCN1CCCC1)C(=O)c1cc(-c2ccccc2)no1.Cl. The Morgan fingerprint density at radius 3 is 2.54 bits per heavy atom. The fraction of sp³-hybridized carbons (Fsp3) is 0.474. The molecule has 1 aliphatic rings. The third-order valence-corrected chi connectivity index (χ3v) is 4.67. The topological polar surface area (TPSA) is 46.3 Å². The third kappa shape index (κ3) is 4.25. The molecule has 24 heavy (non-hydrogen) atoms. The minimum Gasteiger partial charge on any atom is -0.352 e. The summed E-state index contributed by atoms with van der Waals surface area (Å²) in [6, 6.07) is 11.5. The maximum atomic E-state index is 12.8. The molecule has 4 nitrogen and oxygen atoms in total. The molecule has 2 aromatic rings. The lowest BCUT2D eigenvalue weighted by Gasteiger charge is -2.24. The first-order chi connectivity index (χ1) is 11.1. The van der Waals surface area contributed by atoms with Crippen molar-refractivity contribution < 1.29 is 9.32 Å². The minimum absolute atomic E-state index is 0. The molecule has 2 heterocycles. The molecule has 0 radical (unpaired) electrons. The fourth-order valence-electron chi connectivity index (χ4n) is 3.02. The van der Waals surface area contributed by atoms with Crippen molar-refractivity contribution in [1.29, 1.82) is 0 Å². The van der Waals surface area contributed by atoms with Gasteiger partial charge in [-0.25, -0.2) is 0 Å². The number of hydrogen-bond donors (Lipinski definition) is 0. The predicted molar refractivity (Wildman–Crippen MR) is 97.6 cm³/mol. The zero-order valence-corrected chi connectivity index (χ0v) is 15.1. The van der Waals surface area contributed by atoms with Gasteiger partial charge in [0.05, 0.1) is 0 Å². The number of nitrogens with zero attached hydrogens (tertiary/aromatic N) is 2. The van der Waals surface area contributed by atoms with E-state index in [-0.39, 0.29) is 18.2 Å². The average Bonchev–Trinajstić information content (AvgIpc) is 3.25. The van der Waals surface area contributed by atoms with Crippen LogP contribution in [0, 0.1) is 5.41 Å². The Bertz CT molecular complexity index is 661. The maximum Gasteiger partial charge on any atom is 0.206 e. The van der Waals surface area contributed by atoms with Crippen molar-refractivity contribution >= 4 is 18.2 Å². The highest BCUT2D eigenvalue weighted by Crippen LogP contribution is 2.29. The monoisotopic (exact) mass is 348 g/mol. The Hall–Kier alpha value is -1.65. The molecule has 1 saturated heterocycles. The van der Waals surface area contributed by atoms with Crippen LogP contribution in [0.4, 0.5) is 0 Å². The Balaban J connectivity index is 0.00000208. The Labute approximate surface area is 149 Å². The van der Waals surface area contributed by atoms with Crippen molar-refractivity contribution in [3.05, 3.63) is 42.2 Å². The van der Waals surface area contributed by atoms with E-state index in [2.05, 4.69) is 10.1 Å². The molecular weight excluding hydrogens is 324 g/mol. The van der Waals surface area contributed by atoms with Crippen LogP contribution in [0.1, 0.15) is 43.7 Å². The second-order valence-corrected chi connectivity index (χ2v) is 6.95. The van der Waals surface area contributed by atoms with Crippen LogP contribution in [0.3, 0.4) is 0 Å². The van der Waals surface area contributed by atoms with Gasteiger partial charge in [0.25, 0.3) is 0 Å². The molecular formula is C19H25ClN2O2. The molecule has 3 rings (SSSR count). The quantitative estimate of drug-likeness (QED) is 0.723. The number of rotatable bonds is 6. The highest BCUT2D eigenvalue weighted by atomic mass is 35.5. The second-order valence-electron chi connectivity index (χ2n) is 6.95. The molecule has 0 spiro atoms.